The van der Waals surface area contributed by atoms with Crippen LogP contribution in [0.15, 0.2) is 0 Å². The lowest BCUT2D eigenvalue weighted by atomic mass is 9.80. The molecule has 0 spiro atoms. The zero-order valence-corrected chi connectivity index (χ0v) is 20.2. The van der Waals surface area contributed by atoms with Gasteiger partial charge in [0.1, 0.15) is 6.04 Å². The number of rotatable bonds is 15. The maximum Gasteiger partial charge on any atom is 0.247 e. The third kappa shape index (κ3) is 11.5. The lowest BCUT2D eigenvalue weighted by Crippen LogP contribution is -2.56. The van der Waals surface area contributed by atoms with Gasteiger partial charge in [-0.2, -0.15) is 0 Å². The minimum absolute atomic E-state index is 0.160. The summed E-state index contributed by atoms with van der Waals surface area (Å²) in [4.78, 5) is 38.3. The van der Waals surface area contributed by atoms with Crippen LogP contribution in [-0.4, -0.2) is 62.4 Å². The van der Waals surface area contributed by atoms with Gasteiger partial charge in [0, 0.05) is 19.6 Å². The topological polar surface area (TPSA) is 126 Å². The number of carbonyl (C=O) groups excluding carboxylic acids is 3. The van der Waals surface area contributed by atoms with Crippen LogP contribution in [0.25, 0.3) is 0 Å². The fraction of sp³-hybridized carbons (Fsp3) is 0.864. The molecule has 3 atom stereocenters. The van der Waals surface area contributed by atoms with Gasteiger partial charge < -0.3 is 20.1 Å². The Bertz CT molecular complexity index is 548. The molecule has 9 nitrogen and oxygen atoms in total. The number of ether oxygens (including phenoxy) is 2. The predicted molar refractivity (Wildman–Crippen MR) is 118 cm³/mol. The monoisotopic (exact) mass is 445 g/mol. The summed E-state index contributed by atoms with van der Waals surface area (Å²) in [6, 6.07) is -0.784. The molecular weight excluding hydrogens is 402 g/mol. The summed E-state index contributed by atoms with van der Waals surface area (Å²) < 4.78 is 10.3. The van der Waals surface area contributed by atoms with E-state index in [9.17, 15) is 14.4 Å². The van der Waals surface area contributed by atoms with Crippen molar-refractivity contribution in [3.8, 4) is 0 Å². The van der Waals surface area contributed by atoms with E-state index < -0.39 is 29.2 Å². The summed E-state index contributed by atoms with van der Waals surface area (Å²) in [5, 5.41) is 14.8. The highest BCUT2D eigenvalue weighted by atomic mass is 16.5. The number of carbonyl (C=O) groups is 3. The maximum atomic E-state index is 13.2. The van der Waals surface area contributed by atoms with Crippen molar-refractivity contribution >= 4 is 17.7 Å². The van der Waals surface area contributed by atoms with Gasteiger partial charge in [-0.25, -0.2) is 5.48 Å². The van der Waals surface area contributed by atoms with Crippen LogP contribution in [0.3, 0.4) is 0 Å². The van der Waals surface area contributed by atoms with Gasteiger partial charge in [-0.3, -0.25) is 19.6 Å². The molecule has 0 aliphatic heterocycles. The minimum Gasteiger partial charge on any atom is -0.382 e. The lowest BCUT2D eigenvalue weighted by molar-refractivity contribution is -0.142. The number of hydrogen-bond donors (Lipinski definition) is 4. The van der Waals surface area contributed by atoms with Crippen LogP contribution < -0.4 is 16.1 Å². The van der Waals surface area contributed by atoms with Crippen LogP contribution in [0, 0.1) is 23.2 Å². The van der Waals surface area contributed by atoms with Crippen LogP contribution in [0.2, 0.25) is 0 Å². The van der Waals surface area contributed by atoms with Gasteiger partial charge in [0.15, 0.2) is 0 Å². The molecule has 0 rings (SSSR count). The van der Waals surface area contributed by atoms with Crippen molar-refractivity contribution in [3.05, 3.63) is 0 Å². The van der Waals surface area contributed by atoms with Crippen molar-refractivity contribution in [2.45, 2.75) is 66.8 Å². The molecule has 0 heterocycles. The highest BCUT2D eigenvalue weighted by molar-refractivity contribution is 5.91. The third-order valence-electron chi connectivity index (χ3n) is 4.99. The lowest BCUT2D eigenvalue weighted by Gasteiger charge is -2.33. The first kappa shape index (κ1) is 29.3. The summed E-state index contributed by atoms with van der Waals surface area (Å²) in [5.41, 5.74) is 1.15. The Morgan fingerprint density at radius 3 is 2.10 bits per heavy atom. The van der Waals surface area contributed by atoms with Crippen LogP contribution in [-0.2, 0) is 23.9 Å². The number of hydrogen-bond acceptors (Lipinski definition) is 6. The van der Waals surface area contributed by atoms with E-state index in [1.807, 2.05) is 41.5 Å². The predicted octanol–water partition coefficient (Wildman–Crippen LogP) is 1.88. The Hall–Kier alpha value is -1.71. The van der Waals surface area contributed by atoms with Crippen molar-refractivity contribution in [3.63, 3.8) is 0 Å². The van der Waals surface area contributed by atoms with Gasteiger partial charge >= 0.3 is 0 Å². The second-order valence-corrected chi connectivity index (χ2v) is 9.31. The van der Waals surface area contributed by atoms with E-state index in [2.05, 4.69) is 10.6 Å². The van der Waals surface area contributed by atoms with Crippen molar-refractivity contribution in [1.29, 1.82) is 0 Å². The average molecular weight is 446 g/mol. The minimum atomic E-state index is -0.784. The Morgan fingerprint density at radius 1 is 0.968 bits per heavy atom. The molecule has 0 aliphatic carbocycles. The van der Waals surface area contributed by atoms with Crippen molar-refractivity contribution in [1.82, 2.24) is 16.1 Å². The zero-order chi connectivity index (χ0) is 24.0. The van der Waals surface area contributed by atoms with Crippen LogP contribution in [0.5, 0.6) is 0 Å². The molecule has 0 aromatic rings. The highest BCUT2D eigenvalue weighted by Gasteiger charge is 2.38. The molecule has 4 N–H and O–H groups in total. The first-order chi connectivity index (χ1) is 14.5. The zero-order valence-electron chi connectivity index (χ0n) is 20.2. The molecule has 182 valence electrons. The molecular formula is C22H43N3O6. The van der Waals surface area contributed by atoms with E-state index >= 15 is 0 Å². The number of amides is 3. The first-order valence-corrected chi connectivity index (χ1v) is 11.1. The third-order valence-corrected chi connectivity index (χ3v) is 4.99. The van der Waals surface area contributed by atoms with Crippen LogP contribution in [0.1, 0.15) is 60.8 Å². The van der Waals surface area contributed by atoms with E-state index in [1.54, 1.807) is 12.6 Å². The molecule has 0 unspecified atom stereocenters. The molecule has 0 saturated carbocycles. The second kappa shape index (κ2) is 15.2. The SMILES string of the molecule is CCC[C@H](C(=O)NO)[C@@H](CC(C)C)C(=O)N[C@H](C(=O)NCCOCCOC)C(C)(C)C. The molecule has 0 radical (unpaired) electrons. The Morgan fingerprint density at radius 2 is 1.61 bits per heavy atom. The standard InChI is InChI=1S/C22H43N3O6/c1-8-9-16(20(27)25-29)17(14-15(2)3)19(26)24-18(22(4,5)6)21(28)23-10-11-31-13-12-30-7/h15-18,29H,8-14H2,1-7H3,(H,23,28)(H,24,26)(H,25,27)/t16-,17+,18+/m0/s1. The second-order valence-electron chi connectivity index (χ2n) is 9.31. The van der Waals surface area contributed by atoms with Crippen molar-refractivity contribution in [2.24, 2.45) is 23.2 Å². The smallest absolute Gasteiger partial charge is 0.247 e. The summed E-state index contributed by atoms with van der Waals surface area (Å²) in [5.74, 6) is -2.40. The largest absolute Gasteiger partial charge is 0.382 e. The molecule has 3 amide bonds. The van der Waals surface area contributed by atoms with Gasteiger partial charge in [-0.1, -0.05) is 48.0 Å². The fourth-order valence-corrected chi connectivity index (χ4v) is 3.39. The molecule has 9 heteroatoms. The fourth-order valence-electron chi connectivity index (χ4n) is 3.39. The van der Waals surface area contributed by atoms with E-state index in [4.69, 9.17) is 14.7 Å². The summed E-state index contributed by atoms with van der Waals surface area (Å²) in [6.45, 7) is 13.0. The molecule has 0 aromatic heterocycles. The highest BCUT2D eigenvalue weighted by Crippen LogP contribution is 2.27. The number of hydroxylamine groups is 1. The molecule has 0 saturated heterocycles. The molecule has 0 aromatic carbocycles. The Kier molecular flexibility index (Phi) is 14.3. The summed E-state index contributed by atoms with van der Waals surface area (Å²) >= 11 is 0. The van der Waals surface area contributed by atoms with Crippen molar-refractivity contribution < 1.29 is 29.1 Å². The summed E-state index contributed by atoms with van der Waals surface area (Å²) in [6.07, 6.45) is 1.62. The van der Waals surface area contributed by atoms with E-state index in [0.29, 0.717) is 45.6 Å². The molecule has 0 fully saturated rings. The van der Waals surface area contributed by atoms with E-state index in [0.717, 1.165) is 0 Å². The van der Waals surface area contributed by atoms with E-state index in [-0.39, 0.29) is 17.7 Å². The van der Waals surface area contributed by atoms with Gasteiger partial charge in [0.25, 0.3) is 0 Å². The van der Waals surface area contributed by atoms with Gasteiger partial charge in [0.05, 0.1) is 25.7 Å². The molecule has 31 heavy (non-hydrogen) atoms. The van der Waals surface area contributed by atoms with E-state index in [1.165, 1.54) is 0 Å². The number of methoxy groups -OCH3 is 1. The van der Waals surface area contributed by atoms with Gasteiger partial charge in [-0.15, -0.1) is 0 Å². The van der Waals surface area contributed by atoms with Gasteiger partial charge in [-0.05, 0) is 24.2 Å². The van der Waals surface area contributed by atoms with Crippen LogP contribution in [0.4, 0.5) is 0 Å². The maximum absolute atomic E-state index is 13.2. The molecule has 0 bridgehead atoms. The summed E-state index contributed by atoms with van der Waals surface area (Å²) in [7, 11) is 1.59. The quantitative estimate of drug-likeness (QED) is 0.173. The Labute approximate surface area is 187 Å². The molecule has 0 aliphatic rings. The van der Waals surface area contributed by atoms with Crippen LogP contribution >= 0.6 is 0 Å². The van der Waals surface area contributed by atoms with Gasteiger partial charge in [0.2, 0.25) is 17.7 Å². The Balaban J connectivity index is 5.33. The first-order valence-electron chi connectivity index (χ1n) is 11.1. The van der Waals surface area contributed by atoms with Crippen molar-refractivity contribution in [2.75, 3.05) is 33.5 Å². The average Bonchev–Trinajstić information content (AvgIpc) is 2.69. The normalized spacial score (nSPS) is 14.6. The number of nitrogens with one attached hydrogen (secondary N) is 3.